The predicted molar refractivity (Wildman–Crippen MR) is 164 cm³/mol. The van der Waals surface area contributed by atoms with Gasteiger partial charge in [0.2, 0.25) is 5.91 Å². The molecule has 1 saturated heterocycles. The van der Waals surface area contributed by atoms with Crippen LogP contribution < -0.4 is 16.1 Å². The second kappa shape index (κ2) is 16.3. The standard InChI is InChI=1S/C24H38N7O13P3/c25-21-18-22(28-14-27-21)31(15-29-18)24-20(33)19(32)17(42-24)13-41-46(37,38)44-47(39,40)43-45(35,36)30-12-8-4-2-1-3-7-11-26-23(34)16-9-5-6-10-16/h5-6,9-10,14-17,19-20,24,32-33H,1-4,7-8,11-13H2,(H,26,34)(H,37,38)(H,39,40)(H2,25,27,28)(H2,30,35,36)/t17-,19-,20-,24-/m1/s1. The average Bonchev–Trinajstić information content (AvgIpc) is 3.73. The highest BCUT2D eigenvalue weighted by Gasteiger charge is 2.47. The predicted octanol–water partition coefficient (Wildman–Crippen LogP) is 1.17. The number of unbranched alkanes of at least 4 members (excludes halogenated alkanes) is 5. The molecule has 7 atom stereocenters. The average molecular weight is 726 g/mol. The van der Waals surface area contributed by atoms with Crippen molar-refractivity contribution in [3.05, 3.63) is 37.0 Å². The van der Waals surface area contributed by atoms with Crippen molar-refractivity contribution < 1.29 is 61.3 Å². The van der Waals surface area contributed by atoms with Crippen LogP contribution >= 0.6 is 23.4 Å². The monoisotopic (exact) mass is 725 g/mol. The van der Waals surface area contributed by atoms with E-state index in [4.69, 9.17) is 10.5 Å². The van der Waals surface area contributed by atoms with E-state index >= 15 is 0 Å². The van der Waals surface area contributed by atoms with Crippen LogP contribution in [0.3, 0.4) is 0 Å². The van der Waals surface area contributed by atoms with Crippen LogP contribution in [0.2, 0.25) is 0 Å². The number of nitrogens with zero attached hydrogens (tertiary/aromatic N) is 4. The first-order chi connectivity index (χ1) is 22.2. The molecule has 1 fully saturated rings. The van der Waals surface area contributed by atoms with Crippen LogP contribution in [-0.2, 0) is 36.4 Å². The van der Waals surface area contributed by atoms with Gasteiger partial charge in [0.15, 0.2) is 17.7 Å². The number of hydrogen-bond acceptors (Lipinski definition) is 14. The van der Waals surface area contributed by atoms with E-state index in [0.29, 0.717) is 19.4 Å². The molecule has 2 aromatic rings. The third-order valence-electron chi connectivity index (χ3n) is 7.09. The van der Waals surface area contributed by atoms with Crippen LogP contribution in [0.4, 0.5) is 5.82 Å². The number of ether oxygens (including phenoxy) is 1. The van der Waals surface area contributed by atoms with Gasteiger partial charge in [-0.2, -0.15) is 8.62 Å². The van der Waals surface area contributed by atoms with Gasteiger partial charge in [-0.25, -0.2) is 33.7 Å². The number of allylic oxidation sites excluding steroid dienone is 2. The van der Waals surface area contributed by atoms with Gasteiger partial charge in [0.1, 0.15) is 30.2 Å². The minimum absolute atomic E-state index is 0.0410. The van der Waals surface area contributed by atoms with Crippen LogP contribution in [-0.4, -0.2) is 88.3 Å². The first kappa shape index (κ1) is 37.4. The topological polar surface area (TPSA) is 300 Å². The number of nitrogen functional groups attached to an aromatic ring is 1. The highest BCUT2D eigenvalue weighted by Crippen LogP contribution is 2.66. The molecule has 20 nitrogen and oxygen atoms in total. The van der Waals surface area contributed by atoms with E-state index in [-0.39, 0.29) is 35.4 Å². The first-order valence-corrected chi connectivity index (χ1v) is 19.1. The molecule has 0 bridgehead atoms. The number of hydrogen-bond donors (Lipinski definition) is 8. The molecule has 3 unspecified atom stereocenters. The van der Waals surface area contributed by atoms with Crippen molar-refractivity contribution in [1.29, 1.82) is 0 Å². The number of rotatable bonds is 19. The molecule has 0 aromatic carbocycles. The fraction of sp³-hybridized carbons (Fsp3) is 0.583. The van der Waals surface area contributed by atoms with Gasteiger partial charge in [0, 0.05) is 13.1 Å². The number of aliphatic hydroxyl groups excluding tert-OH is 2. The highest BCUT2D eigenvalue weighted by atomic mass is 31.3. The number of aromatic nitrogens is 4. The normalized spacial score (nSPS) is 25.1. The van der Waals surface area contributed by atoms with Gasteiger partial charge in [-0.15, -0.1) is 0 Å². The van der Waals surface area contributed by atoms with Gasteiger partial charge in [-0.1, -0.05) is 50.0 Å². The van der Waals surface area contributed by atoms with Gasteiger partial charge in [0.05, 0.1) is 18.9 Å². The summed E-state index contributed by atoms with van der Waals surface area (Å²) in [5.74, 6) is -0.206. The summed E-state index contributed by atoms with van der Waals surface area (Å²) in [4.78, 5) is 53.4. The van der Waals surface area contributed by atoms with Crippen LogP contribution in [0.15, 0.2) is 37.0 Å². The highest BCUT2D eigenvalue weighted by molar-refractivity contribution is 7.67. The van der Waals surface area contributed by atoms with Gasteiger partial charge in [-0.05, 0) is 12.8 Å². The second-order valence-corrected chi connectivity index (χ2v) is 15.5. The maximum absolute atomic E-state index is 12.3. The van der Waals surface area contributed by atoms with E-state index in [9.17, 15) is 43.4 Å². The fourth-order valence-electron chi connectivity index (χ4n) is 4.77. The van der Waals surface area contributed by atoms with E-state index in [0.717, 1.165) is 32.0 Å². The molecule has 9 N–H and O–H groups in total. The zero-order valence-corrected chi connectivity index (χ0v) is 27.6. The number of fused-ring (bicyclic) bond motifs is 1. The summed E-state index contributed by atoms with van der Waals surface area (Å²) in [7, 11) is -16.0. The Morgan fingerprint density at radius 2 is 1.57 bits per heavy atom. The summed E-state index contributed by atoms with van der Waals surface area (Å²) < 4.78 is 56.5. The molecule has 2 aromatic heterocycles. The number of nitrogens with one attached hydrogen (secondary N) is 2. The van der Waals surface area contributed by atoms with E-state index in [1.807, 2.05) is 24.3 Å². The number of carbonyl (C=O) groups is 1. The number of amides is 1. The number of anilines is 1. The Hall–Kier alpha value is -2.41. The molecule has 0 saturated carbocycles. The summed E-state index contributed by atoms with van der Waals surface area (Å²) in [6.45, 7) is -0.439. The maximum Gasteiger partial charge on any atom is 0.489 e. The largest absolute Gasteiger partial charge is 0.489 e. The Morgan fingerprint density at radius 1 is 0.915 bits per heavy atom. The maximum atomic E-state index is 12.3. The number of phosphoric acid groups is 2. The Morgan fingerprint density at radius 3 is 2.28 bits per heavy atom. The van der Waals surface area contributed by atoms with Gasteiger partial charge in [-0.3, -0.25) is 13.9 Å². The van der Waals surface area contributed by atoms with Crippen molar-refractivity contribution in [3.63, 3.8) is 0 Å². The molecule has 0 radical (unpaired) electrons. The van der Waals surface area contributed by atoms with Crippen molar-refractivity contribution in [3.8, 4) is 0 Å². The Balaban J connectivity index is 1.13. The lowest BCUT2D eigenvalue weighted by atomic mass is 10.1. The van der Waals surface area contributed by atoms with Crippen LogP contribution in [0.5, 0.6) is 0 Å². The number of aliphatic hydroxyl groups is 2. The molecule has 2 aliphatic rings. The van der Waals surface area contributed by atoms with Crippen molar-refractivity contribution >= 4 is 46.3 Å². The SMILES string of the molecule is Nc1ncnc2c1ncn2[C@@H]1O[C@H](COP(=O)(O)OP(=O)(O)OP(=O)(O)NCCCCCCCCNC(=O)C2C=CC=C2)[C@@H](O)[C@H]1O. The summed E-state index contributed by atoms with van der Waals surface area (Å²) in [5, 5.41) is 25.8. The van der Waals surface area contributed by atoms with Gasteiger partial charge < -0.3 is 40.7 Å². The summed E-state index contributed by atoms with van der Waals surface area (Å²) in [6, 6.07) is 0. The molecule has 23 heteroatoms. The smallest absolute Gasteiger partial charge is 0.387 e. The van der Waals surface area contributed by atoms with Crippen molar-refractivity contribution in [2.75, 3.05) is 25.4 Å². The van der Waals surface area contributed by atoms with Crippen LogP contribution in [0.1, 0.15) is 44.8 Å². The molecule has 1 aliphatic carbocycles. The van der Waals surface area contributed by atoms with Gasteiger partial charge >= 0.3 is 23.4 Å². The zero-order chi connectivity index (χ0) is 34.2. The summed E-state index contributed by atoms with van der Waals surface area (Å²) >= 11 is 0. The number of imidazole rings is 1. The molecular formula is C24H38N7O13P3. The number of carbonyl (C=O) groups excluding carboxylic acids is 1. The minimum atomic E-state index is -5.64. The van der Waals surface area contributed by atoms with Crippen LogP contribution in [0, 0.1) is 5.92 Å². The van der Waals surface area contributed by atoms with E-state index in [1.165, 1.54) is 10.9 Å². The Labute approximate surface area is 268 Å². The quantitative estimate of drug-likeness (QED) is 0.0744. The first-order valence-electron chi connectivity index (χ1n) is 14.6. The summed E-state index contributed by atoms with van der Waals surface area (Å²) in [6.07, 6.45) is 8.07. The fourth-order valence-corrected chi connectivity index (χ4v) is 8.52. The van der Waals surface area contributed by atoms with E-state index < -0.39 is 54.5 Å². The van der Waals surface area contributed by atoms with Gasteiger partial charge in [0.25, 0.3) is 0 Å². The molecule has 3 heterocycles. The lowest BCUT2D eigenvalue weighted by molar-refractivity contribution is -0.122. The summed E-state index contributed by atoms with van der Waals surface area (Å²) in [5.41, 5.74) is 6.10. The van der Waals surface area contributed by atoms with Crippen LogP contribution in [0.25, 0.3) is 11.2 Å². The molecule has 0 spiro atoms. The zero-order valence-electron chi connectivity index (χ0n) is 24.9. The second-order valence-electron chi connectivity index (χ2n) is 10.7. The molecule has 47 heavy (non-hydrogen) atoms. The number of phosphoric ester groups is 1. The van der Waals surface area contributed by atoms with Crippen molar-refractivity contribution in [1.82, 2.24) is 29.9 Å². The molecular weight excluding hydrogens is 687 g/mol. The lowest BCUT2D eigenvalue weighted by Gasteiger charge is -2.20. The molecule has 1 amide bonds. The Bertz CT molecular complexity index is 1580. The van der Waals surface area contributed by atoms with E-state index in [2.05, 4.69) is 38.5 Å². The third-order valence-corrected chi connectivity index (χ3v) is 11.5. The van der Waals surface area contributed by atoms with E-state index in [1.54, 1.807) is 0 Å². The lowest BCUT2D eigenvalue weighted by Crippen LogP contribution is -2.33. The molecule has 1 aliphatic heterocycles. The van der Waals surface area contributed by atoms with Crippen molar-refractivity contribution in [2.24, 2.45) is 5.92 Å². The third kappa shape index (κ3) is 10.8. The number of nitrogens with two attached hydrogens (primary N) is 1. The minimum Gasteiger partial charge on any atom is -0.387 e. The van der Waals surface area contributed by atoms with Crippen molar-refractivity contribution in [2.45, 2.75) is 63.1 Å². The Kier molecular flexibility index (Phi) is 13.0. The molecule has 4 rings (SSSR count). The molecule has 262 valence electrons.